The lowest BCUT2D eigenvalue weighted by Crippen LogP contribution is -2.37. The van der Waals surface area contributed by atoms with Gasteiger partial charge in [0.2, 0.25) is 6.10 Å². The molecule has 3 N–H and O–H groups in total. The van der Waals surface area contributed by atoms with Crippen LogP contribution in [0.15, 0.2) is 54.6 Å². The van der Waals surface area contributed by atoms with Crippen LogP contribution in [0.1, 0.15) is 27.5 Å². The quantitative estimate of drug-likeness (QED) is 0.397. The highest BCUT2D eigenvalue weighted by Crippen LogP contribution is 2.44. The Bertz CT molecular complexity index is 1210. The molecule has 0 saturated heterocycles. The molecule has 0 aliphatic heterocycles. The van der Waals surface area contributed by atoms with Crippen LogP contribution in [0.2, 0.25) is 0 Å². The van der Waals surface area contributed by atoms with Gasteiger partial charge in [-0.05, 0) is 22.3 Å². The Morgan fingerprint density at radius 2 is 1.71 bits per heavy atom. The first-order valence-corrected chi connectivity index (χ1v) is 10.7. The van der Waals surface area contributed by atoms with Crippen LogP contribution in [0.5, 0.6) is 0 Å². The van der Waals surface area contributed by atoms with Gasteiger partial charge in [-0.15, -0.1) is 0 Å². The summed E-state index contributed by atoms with van der Waals surface area (Å²) in [5.41, 5.74) is 6.35. The molecule has 0 spiro atoms. The number of benzene rings is 2. The fourth-order valence-electron chi connectivity index (χ4n) is 3.92. The van der Waals surface area contributed by atoms with E-state index in [-0.39, 0.29) is 30.6 Å². The maximum Gasteiger partial charge on any atom is 0.412 e. The third-order valence-corrected chi connectivity index (χ3v) is 5.57. The summed E-state index contributed by atoms with van der Waals surface area (Å²) in [4.78, 5) is 40.7. The molecule has 0 saturated carbocycles. The van der Waals surface area contributed by atoms with Crippen molar-refractivity contribution < 1.29 is 33.8 Å². The predicted octanol–water partition coefficient (Wildman–Crippen LogP) is 2.54. The number of carboxylic acid groups (broad SMARTS) is 1. The summed E-state index contributed by atoms with van der Waals surface area (Å²) in [5, 5.41) is 15.6. The molecule has 0 fully saturated rings. The van der Waals surface area contributed by atoms with E-state index in [0.29, 0.717) is 0 Å². The molecule has 0 bridgehead atoms. The number of carbonyl (C=O) groups is 3. The highest BCUT2D eigenvalue weighted by Gasteiger charge is 2.29. The molecule has 1 aromatic heterocycles. The number of nitrogens with zero attached hydrogens (tertiary/aromatic N) is 2. The van der Waals surface area contributed by atoms with Crippen molar-refractivity contribution in [2.24, 2.45) is 7.05 Å². The fourth-order valence-corrected chi connectivity index (χ4v) is 3.92. The van der Waals surface area contributed by atoms with Crippen molar-refractivity contribution in [2.75, 3.05) is 25.6 Å². The SMILES string of the molecule is COCC(ONC(=O)c1cc(NC(=O)OCC2c3ccccc3-c3ccccc32)n(C)n1)C(=O)O. The van der Waals surface area contributed by atoms with Crippen LogP contribution < -0.4 is 10.8 Å². The molecule has 2 amide bonds. The third-order valence-electron chi connectivity index (χ3n) is 5.57. The van der Waals surface area contributed by atoms with E-state index in [0.717, 1.165) is 22.3 Å². The number of hydrogen-bond acceptors (Lipinski definition) is 7. The van der Waals surface area contributed by atoms with Crippen molar-refractivity contribution in [3.8, 4) is 11.1 Å². The number of methoxy groups -OCH3 is 1. The minimum Gasteiger partial charge on any atom is -0.479 e. The molecule has 2 aromatic carbocycles. The number of hydrogen-bond donors (Lipinski definition) is 3. The summed E-state index contributed by atoms with van der Waals surface area (Å²) < 4.78 is 11.5. The summed E-state index contributed by atoms with van der Waals surface area (Å²) in [7, 11) is 2.84. The highest BCUT2D eigenvalue weighted by atomic mass is 16.7. The van der Waals surface area contributed by atoms with Gasteiger partial charge in [0.1, 0.15) is 12.4 Å². The number of nitrogens with one attached hydrogen (secondary N) is 2. The number of anilines is 1. The van der Waals surface area contributed by atoms with Crippen LogP contribution >= 0.6 is 0 Å². The molecule has 3 aromatic rings. The third kappa shape index (κ3) is 5.15. The van der Waals surface area contributed by atoms with Crippen LogP contribution in [-0.4, -0.2) is 59.3 Å². The number of carboxylic acids is 1. The van der Waals surface area contributed by atoms with Crippen molar-refractivity contribution in [1.82, 2.24) is 15.3 Å². The minimum absolute atomic E-state index is 0.0903. The Balaban J connectivity index is 1.36. The number of aromatic nitrogens is 2. The molecule has 1 heterocycles. The second kappa shape index (κ2) is 10.4. The highest BCUT2D eigenvalue weighted by molar-refractivity contribution is 5.93. The van der Waals surface area contributed by atoms with E-state index in [2.05, 4.69) is 10.4 Å². The summed E-state index contributed by atoms with van der Waals surface area (Å²) in [6.07, 6.45) is -2.09. The number of amides is 2. The van der Waals surface area contributed by atoms with Crippen LogP contribution in [0.25, 0.3) is 11.1 Å². The average molecular weight is 480 g/mol. The number of hydroxylamine groups is 1. The van der Waals surface area contributed by atoms with Crippen LogP contribution in [0.4, 0.5) is 10.6 Å². The van der Waals surface area contributed by atoms with E-state index < -0.39 is 24.1 Å². The van der Waals surface area contributed by atoms with Crippen LogP contribution in [0, 0.1) is 0 Å². The molecule has 11 nitrogen and oxygen atoms in total. The van der Waals surface area contributed by atoms with Crippen LogP contribution in [0.3, 0.4) is 0 Å². The smallest absolute Gasteiger partial charge is 0.412 e. The standard InChI is InChI=1S/C24H24N4O7/c1-28-21(11-19(26-28)22(29)27-35-20(13-33-2)23(30)31)25-24(32)34-12-18-16-9-5-3-7-14(16)15-8-4-6-10-17(15)18/h3-11,18,20H,12-13H2,1-2H3,(H,25,32)(H,27,29)(H,30,31). The Morgan fingerprint density at radius 1 is 1.09 bits per heavy atom. The zero-order valence-electron chi connectivity index (χ0n) is 19.1. The zero-order chi connectivity index (χ0) is 24.9. The predicted molar refractivity (Wildman–Crippen MR) is 124 cm³/mol. The van der Waals surface area contributed by atoms with Gasteiger partial charge in [0.05, 0.1) is 6.61 Å². The van der Waals surface area contributed by atoms with E-state index in [1.165, 1.54) is 24.9 Å². The molecule has 0 radical (unpaired) electrons. The average Bonchev–Trinajstić information content (AvgIpc) is 3.37. The van der Waals surface area contributed by atoms with Gasteiger partial charge in [-0.2, -0.15) is 5.10 Å². The molecule has 1 aliphatic carbocycles. The monoisotopic (exact) mass is 480 g/mol. The summed E-state index contributed by atoms with van der Waals surface area (Å²) in [6.45, 7) is -0.124. The lowest BCUT2D eigenvalue weighted by molar-refractivity contribution is -0.158. The van der Waals surface area contributed by atoms with E-state index in [4.69, 9.17) is 19.4 Å². The van der Waals surface area contributed by atoms with Gasteiger partial charge >= 0.3 is 12.1 Å². The van der Waals surface area contributed by atoms with Gasteiger partial charge < -0.3 is 14.6 Å². The first-order chi connectivity index (χ1) is 16.9. The van der Waals surface area contributed by atoms with E-state index >= 15 is 0 Å². The van der Waals surface area contributed by atoms with E-state index in [1.807, 2.05) is 54.0 Å². The van der Waals surface area contributed by atoms with Crippen molar-refractivity contribution in [1.29, 1.82) is 0 Å². The van der Waals surface area contributed by atoms with Gasteiger partial charge in [-0.1, -0.05) is 48.5 Å². The minimum atomic E-state index is -1.38. The zero-order valence-corrected chi connectivity index (χ0v) is 19.1. The fraction of sp³-hybridized carbons (Fsp3) is 0.250. The molecule has 4 rings (SSSR count). The Morgan fingerprint density at radius 3 is 2.31 bits per heavy atom. The van der Waals surface area contributed by atoms with Crippen LogP contribution in [-0.2, 0) is 26.2 Å². The lowest BCUT2D eigenvalue weighted by Gasteiger charge is -2.14. The first-order valence-electron chi connectivity index (χ1n) is 10.7. The van der Waals surface area contributed by atoms with Gasteiger partial charge in [-0.3, -0.25) is 19.6 Å². The Kier molecular flexibility index (Phi) is 7.09. The number of aliphatic carboxylic acids is 1. The normalized spacial score (nSPS) is 13.0. The number of ether oxygens (including phenoxy) is 2. The van der Waals surface area contributed by atoms with Crippen molar-refractivity contribution in [3.63, 3.8) is 0 Å². The topological polar surface area (TPSA) is 141 Å². The maximum absolute atomic E-state index is 12.5. The van der Waals surface area contributed by atoms with Crippen molar-refractivity contribution >= 4 is 23.8 Å². The summed E-state index contributed by atoms with van der Waals surface area (Å²) >= 11 is 0. The molecule has 11 heteroatoms. The van der Waals surface area contributed by atoms with Crippen molar-refractivity contribution in [2.45, 2.75) is 12.0 Å². The molecule has 182 valence electrons. The largest absolute Gasteiger partial charge is 0.479 e. The maximum atomic E-state index is 12.5. The van der Waals surface area contributed by atoms with Gasteiger partial charge in [0.25, 0.3) is 5.91 Å². The summed E-state index contributed by atoms with van der Waals surface area (Å²) in [5.74, 6) is -1.97. The molecule has 1 aliphatic rings. The Labute approximate surface area is 200 Å². The molecular formula is C24H24N4O7. The molecule has 1 atom stereocenters. The number of aryl methyl sites for hydroxylation is 1. The number of fused-ring (bicyclic) bond motifs is 3. The molecular weight excluding hydrogens is 456 g/mol. The molecule has 1 unspecified atom stereocenters. The Hall–Kier alpha value is -4.22. The number of rotatable bonds is 9. The molecule has 35 heavy (non-hydrogen) atoms. The van der Waals surface area contributed by atoms with Gasteiger partial charge in [0.15, 0.2) is 5.69 Å². The second-order valence-corrected chi connectivity index (χ2v) is 7.82. The second-order valence-electron chi connectivity index (χ2n) is 7.82. The number of carbonyl (C=O) groups excluding carboxylic acids is 2. The first kappa shape index (κ1) is 23.9. The van der Waals surface area contributed by atoms with E-state index in [9.17, 15) is 14.4 Å². The van der Waals surface area contributed by atoms with Gasteiger partial charge in [-0.25, -0.2) is 15.1 Å². The van der Waals surface area contributed by atoms with E-state index in [1.54, 1.807) is 0 Å². The lowest BCUT2D eigenvalue weighted by atomic mass is 9.98. The van der Waals surface area contributed by atoms with Crippen molar-refractivity contribution in [3.05, 3.63) is 71.4 Å². The summed E-state index contributed by atoms with van der Waals surface area (Å²) in [6, 6.07) is 17.3. The van der Waals surface area contributed by atoms with Gasteiger partial charge in [0, 0.05) is 26.1 Å².